The predicted octanol–water partition coefficient (Wildman–Crippen LogP) is 3.52. The molecule has 0 saturated carbocycles. The summed E-state index contributed by atoms with van der Waals surface area (Å²) >= 11 is 0. The van der Waals surface area contributed by atoms with Crippen molar-refractivity contribution in [1.29, 1.82) is 0 Å². The van der Waals surface area contributed by atoms with Gasteiger partial charge in [0.1, 0.15) is 5.82 Å². The molecule has 0 amide bonds. The van der Waals surface area contributed by atoms with Crippen molar-refractivity contribution in [2.45, 2.75) is 39.7 Å². The Labute approximate surface area is 119 Å². The molecule has 0 bridgehead atoms. The van der Waals surface area contributed by atoms with Gasteiger partial charge in [0.2, 0.25) is 11.9 Å². The molecule has 0 saturated heterocycles. The van der Waals surface area contributed by atoms with Crippen LogP contribution in [0.25, 0.3) is 0 Å². The van der Waals surface area contributed by atoms with Crippen LogP contribution in [0.1, 0.15) is 32.5 Å². The van der Waals surface area contributed by atoms with Crippen LogP contribution in [0, 0.1) is 6.92 Å². The van der Waals surface area contributed by atoms with Crippen LogP contribution in [0.15, 0.2) is 30.3 Å². The van der Waals surface area contributed by atoms with E-state index >= 15 is 0 Å². The third-order valence-corrected chi connectivity index (χ3v) is 3.10. The molecule has 1 aromatic heterocycles. The first kappa shape index (κ1) is 14.2. The molecule has 1 heterocycles. The summed E-state index contributed by atoms with van der Waals surface area (Å²) < 4.78 is 0. The standard InChI is InChI=1S/C15H21N5/c1-4-12(5-2)18-14-16-11(3)17-15(20-14)19-13-9-7-6-8-10-13/h6-10,12H,4-5H2,1-3H3,(H2,16,17,18,19,20). The van der Waals surface area contributed by atoms with Crippen molar-refractivity contribution in [1.82, 2.24) is 15.0 Å². The zero-order valence-corrected chi connectivity index (χ0v) is 12.2. The molecule has 2 N–H and O–H groups in total. The minimum Gasteiger partial charge on any atom is -0.351 e. The molecular weight excluding hydrogens is 250 g/mol. The molecule has 0 aliphatic carbocycles. The Hall–Kier alpha value is -2.17. The van der Waals surface area contributed by atoms with Gasteiger partial charge in [0.25, 0.3) is 0 Å². The second kappa shape index (κ2) is 6.84. The molecule has 2 aromatic rings. The van der Waals surface area contributed by atoms with Crippen molar-refractivity contribution >= 4 is 17.6 Å². The normalized spacial score (nSPS) is 10.6. The van der Waals surface area contributed by atoms with Crippen molar-refractivity contribution in [3.63, 3.8) is 0 Å². The Bertz CT molecular complexity index is 537. The quantitative estimate of drug-likeness (QED) is 0.841. The molecule has 0 aliphatic rings. The van der Waals surface area contributed by atoms with Crippen LogP contribution < -0.4 is 10.6 Å². The highest BCUT2D eigenvalue weighted by atomic mass is 15.2. The monoisotopic (exact) mass is 271 g/mol. The van der Waals surface area contributed by atoms with Crippen LogP contribution in [0.3, 0.4) is 0 Å². The molecule has 0 radical (unpaired) electrons. The van der Waals surface area contributed by atoms with Crippen molar-refractivity contribution in [3.8, 4) is 0 Å². The molecule has 0 unspecified atom stereocenters. The molecule has 1 aromatic carbocycles. The molecule has 20 heavy (non-hydrogen) atoms. The summed E-state index contributed by atoms with van der Waals surface area (Å²) in [6.45, 7) is 6.17. The van der Waals surface area contributed by atoms with Crippen molar-refractivity contribution in [3.05, 3.63) is 36.2 Å². The summed E-state index contributed by atoms with van der Waals surface area (Å²) in [7, 11) is 0. The topological polar surface area (TPSA) is 62.7 Å². The third-order valence-electron chi connectivity index (χ3n) is 3.10. The van der Waals surface area contributed by atoms with Gasteiger partial charge in [0, 0.05) is 11.7 Å². The summed E-state index contributed by atoms with van der Waals surface area (Å²) in [5, 5.41) is 6.54. The first-order valence-electron chi connectivity index (χ1n) is 7.02. The molecule has 106 valence electrons. The fraction of sp³-hybridized carbons (Fsp3) is 0.400. The summed E-state index contributed by atoms with van der Waals surface area (Å²) in [4.78, 5) is 13.1. The smallest absolute Gasteiger partial charge is 0.232 e. The maximum Gasteiger partial charge on any atom is 0.232 e. The first-order chi connectivity index (χ1) is 9.71. The molecular formula is C15H21N5. The number of nitrogens with zero attached hydrogens (tertiary/aromatic N) is 3. The first-order valence-corrected chi connectivity index (χ1v) is 7.02. The van der Waals surface area contributed by atoms with Crippen LogP contribution in [0.5, 0.6) is 0 Å². The molecule has 5 heteroatoms. The maximum absolute atomic E-state index is 4.42. The number of benzene rings is 1. The Kier molecular flexibility index (Phi) is 4.87. The van der Waals surface area contributed by atoms with Crippen molar-refractivity contribution < 1.29 is 0 Å². The van der Waals surface area contributed by atoms with E-state index in [1.54, 1.807) is 0 Å². The highest BCUT2D eigenvalue weighted by Crippen LogP contribution is 2.14. The number of rotatable bonds is 6. The van der Waals surface area contributed by atoms with E-state index in [1.165, 1.54) is 0 Å². The lowest BCUT2D eigenvalue weighted by Gasteiger charge is -2.15. The summed E-state index contributed by atoms with van der Waals surface area (Å²) in [6, 6.07) is 10.3. The van der Waals surface area contributed by atoms with Gasteiger partial charge >= 0.3 is 0 Å². The second-order valence-electron chi connectivity index (χ2n) is 4.68. The second-order valence-corrected chi connectivity index (χ2v) is 4.68. The highest BCUT2D eigenvalue weighted by Gasteiger charge is 2.08. The minimum atomic E-state index is 0.390. The number of aryl methyl sites for hydroxylation is 1. The van der Waals surface area contributed by atoms with Crippen molar-refractivity contribution in [2.24, 2.45) is 0 Å². The van der Waals surface area contributed by atoms with Gasteiger partial charge < -0.3 is 10.6 Å². The minimum absolute atomic E-state index is 0.390. The van der Waals surface area contributed by atoms with Gasteiger partial charge in [-0.1, -0.05) is 32.0 Å². The van der Waals surface area contributed by atoms with Crippen LogP contribution in [-0.2, 0) is 0 Å². The number of aromatic nitrogens is 3. The van der Waals surface area contributed by atoms with E-state index in [2.05, 4.69) is 39.4 Å². The van der Waals surface area contributed by atoms with Gasteiger partial charge in [0.15, 0.2) is 0 Å². The van der Waals surface area contributed by atoms with E-state index in [4.69, 9.17) is 0 Å². The highest BCUT2D eigenvalue weighted by molar-refractivity contribution is 5.53. The molecule has 0 fully saturated rings. The van der Waals surface area contributed by atoms with Crippen LogP contribution in [0.4, 0.5) is 17.6 Å². The SMILES string of the molecule is CCC(CC)Nc1nc(C)nc(Nc2ccccc2)n1. The van der Waals surface area contributed by atoms with Gasteiger partial charge in [-0.2, -0.15) is 15.0 Å². The average molecular weight is 271 g/mol. The van der Waals surface area contributed by atoms with Gasteiger partial charge in [-0.15, -0.1) is 0 Å². The molecule has 0 atom stereocenters. The van der Waals surface area contributed by atoms with Gasteiger partial charge in [-0.3, -0.25) is 0 Å². The number of para-hydroxylation sites is 1. The van der Waals surface area contributed by atoms with E-state index < -0.39 is 0 Å². The zero-order chi connectivity index (χ0) is 14.4. The van der Waals surface area contributed by atoms with Gasteiger partial charge in [0.05, 0.1) is 0 Å². The third kappa shape index (κ3) is 3.91. The summed E-state index contributed by atoms with van der Waals surface area (Å²) in [5.74, 6) is 1.90. The molecule has 0 aliphatic heterocycles. The summed E-state index contributed by atoms with van der Waals surface area (Å²) in [5.41, 5.74) is 0.964. The largest absolute Gasteiger partial charge is 0.351 e. The van der Waals surface area contributed by atoms with Crippen LogP contribution >= 0.6 is 0 Å². The van der Waals surface area contributed by atoms with E-state index in [1.807, 2.05) is 37.3 Å². The van der Waals surface area contributed by atoms with Gasteiger partial charge in [-0.25, -0.2) is 0 Å². The summed E-state index contributed by atoms with van der Waals surface area (Å²) in [6.07, 6.45) is 2.09. The van der Waals surface area contributed by atoms with E-state index in [0.29, 0.717) is 23.8 Å². The lowest BCUT2D eigenvalue weighted by atomic mass is 10.2. The van der Waals surface area contributed by atoms with Gasteiger partial charge in [-0.05, 0) is 31.9 Å². The van der Waals surface area contributed by atoms with Crippen LogP contribution in [0.2, 0.25) is 0 Å². The predicted molar refractivity (Wildman–Crippen MR) is 82.3 cm³/mol. The Morgan fingerprint density at radius 3 is 2.25 bits per heavy atom. The van der Waals surface area contributed by atoms with E-state index in [9.17, 15) is 0 Å². The molecule has 5 nitrogen and oxygen atoms in total. The Morgan fingerprint density at radius 2 is 1.60 bits per heavy atom. The Morgan fingerprint density at radius 1 is 0.950 bits per heavy atom. The fourth-order valence-electron chi connectivity index (χ4n) is 1.93. The van der Waals surface area contributed by atoms with E-state index in [-0.39, 0.29) is 0 Å². The lowest BCUT2D eigenvalue weighted by molar-refractivity contribution is 0.663. The van der Waals surface area contributed by atoms with Crippen LogP contribution in [-0.4, -0.2) is 21.0 Å². The fourth-order valence-corrected chi connectivity index (χ4v) is 1.93. The maximum atomic E-state index is 4.42. The molecule has 2 rings (SSSR count). The number of nitrogens with one attached hydrogen (secondary N) is 2. The zero-order valence-electron chi connectivity index (χ0n) is 12.2. The van der Waals surface area contributed by atoms with Crippen molar-refractivity contribution in [2.75, 3.05) is 10.6 Å². The number of anilines is 3. The number of hydrogen-bond donors (Lipinski definition) is 2. The average Bonchev–Trinajstić information content (AvgIpc) is 2.45. The Balaban J connectivity index is 2.16. The lowest BCUT2D eigenvalue weighted by Crippen LogP contribution is -2.19. The number of hydrogen-bond acceptors (Lipinski definition) is 5. The van der Waals surface area contributed by atoms with E-state index in [0.717, 1.165) is 18.5 Å². The molecule has 0 spiro atoms.